The van der Waals surface area contributed by atoms with E-state index >= 15 is 0 Å². The van der Waals surface area contributed by atoms with E-state index in [1.165, 1.54) is 11.8 Å². The number of nitrogens with one attached hydrogen (secondary N) is 1. The number of hydrogen-bond donors (Lipinski definition) is 1. The van der Waals surface area contributed by atoms with Crippen LogP contribution in [0.15, 0.2) is 59.5 Å². The Morgan fingerprint density at radius 3 is 2.43 bits per heavy atom. The van der Waals surface area contributed by atoms with Crippen LogP contribution in [0.2, 0.25) is 0 Å². The molecule has 28 heavy (non-hydrogen) atoms. The summed E-state index contributed by atoms with van der Waals surface area (Å²) in [7, 11) is 0. The summed E-state index contributed by atoms with van der Waals surface area (Å²) >= 11 is 1.50. The molecule has 0 fully saturated rings. The Morgan fingerprint density at radius 2 is 1.79 bits per heavy atom. The fourth-order valence-electron chi connectivity index (χ4n) is 2.80. The zero-order chi connectivity index (χ0) is 20.5. The van der Waals surface area contributed by atoms with E-state index in [9.17, 15) is 9.59 Å². The van der Waals surface area contributed by atoms with E-state index < -0.39 is 6.04 Å². The van der Waals surface area contributed by atoms with Gasteiger partial charge in [0.2, 0.25) is 11.8 Å². The van der Waals surface area contributed by atoms with Crippen LogP contribution in [0.5, 0.6) is 0 Å². The van der Waals surface area contributed by atoms with Crippen molar-refractivity contribution in [1.82, 2.24) is 10.2 Å². The van der Waals surface area contributed by atoms with E-state index in [-0.39, 0.29) is 17.9 Å². The van der Waals surface area contributed by atoms with Crippen molar-refractivity contribution in [3.8, 4) is 0 Å². The van der Waals surface area contributed by atoms with Gasteiger partial charge in [-0.1, -0.05) is 55.0 Å². The van der Waals surface area contributed by atoms with E-state index in [1.54, 1.807) is 11.8 Å². The predicted molar refractivity (Wildman–Crippen MR) is 116 cm³/mol. The lowest BCUT2D eigenvalue weighted by Crippen LogP contribution is -2.50. The monoisotopic (exact) mass is 398 g/mol. The number of nitrogens with zero attached hydrogens (tertiary/aromatic N) is 1. The molecule has 0 unspecified atom stereocenters. The van der Waals surface area contributed by atoms with Crippen LogP contribution in [0, 0.1) is 6.92 Å². The van der Waals surface area contributed by atoms with Crippen molar-refractivity contribution >= 4 is 23.6 Å². The molecule has 0 heterocycles. The summed E-state index contributed by atoms with van der Waals surface area (Å²) < 4.78 is 0. The minimum atomic E-state index is -0.529. The Hall–Kier alpha value is -2.27. The number of benzene rings is 2. The fraction of sp³-hybridized carbons (Fsp3) is 0.391. The number of hydrogen-bond acceptors (Lipinski definition) is 3. The summed E-state index contributed by atoms with van der Waals surface area (Å²) in [5.74, 6) is 0.152. The van der Waals surface area contributed by atoms with Gasteiger partial charge in [0.15, 0.2) is 0 Å². The van der Waals surface area contributed by atoms with Crippen molar-refractivity contribution in [3.63, 3.8) is 0 Å². The molecule has 0 aromatic heterocycles. The van der Waals surface area contributed by atoms with Gasteiger partial charge in [-0.2, -0.15) is 0 Å². The lowest BCUT2D eigenvalue weighted by Gasteiger charge is -2.29. The van der Waals surface area contributed by atoms with Gasteiger partial charge in [-0.15, -0.1) is 11.8 Å². The Balaban J connectivity index is 2.14. The normalized spacial score (nSPS) is 12.9. The van der Waals surface area contributed by atoms with Gasteiger partial charge in [-0.05, 0) is 44.9 Å². The molecule has 0 spiro atoms. The Bertz CT molecular complexity index is 779. The van der Waals surface area contributed by atoms with Gasteiger partial charge in [-0.25, -0.2) is 0 Å². The van der Waals surface area contributed by atoms with Crippen molar-refractivity contribution in [3.05, 3.63) is 65.7 Å². The zero-order valence-electron chi connectivity index (χ0n) is 17.1. The van der Waals surface area contributed by atoms with Crippen molar-refractivity contribution in [2.45, 2.75) is 57.6 Å². The molecule has 150 valence electrons. The molecule has 2 atom stereocenters. The average Bonchev–Trinajstić information content (AvgIpc) is 2.70. The molecular formula is C23H30N2O2S. The standard InChI is InChI=1S/C23H30N2O2S/c1-5-18(3)24-23(27)19(4)25(15-20-11-9-10-17(2)14-20)22(26)16-28-21-12-7-6-8-13-21/h6-14,18-19H,5,15-16H2,1-4H3,(H,24,27)/t18-,19+/m1/s1. The number of rotatable bonds is 9. The lowest BCUT2D eigenvalue weighted by molar-refractivity contribution is -0.138. The summed E-state index contributed by atoms with van der Waals surface area (Å²) in [5.41, 5.74) is 2.17. The molecule has 4 nitrogen and oxygen atoms in total. The second-order valence-corrected chi connectivity index (χ2v) is 8.16. The third-order valence-electron chi connectivity index (χ3n) is 4.71. The second kappa shape index (κ2) is 10.9. The highest BCUT2D eigenvalue weighted by atomic mass is 32.2. The first kappa shape index (κ1) is 22.0. The molecule has 0 aliphatic heterocycles. The van der Waals surface area contributed by atoms with Crippen molar-refractivity contribution in [2.75, 3.05) is 5.75 Å². The highest BCUT2D eigenvalue weighted by Gasteiger charge is 2.26. The largest absolute Gasteiger partial charge is 0.352 e. The van der Waals surface area contributed by atoms with Crippen molar-refractivity contribution in [1.29, 1.82) is 0 Å². The molecule has 2 aromatic rings. The van der Waals surface area contributed by atoms with Crippen LogP contribution >= 0.6 is 11.8 Å². The Kier molecular flexibility index (Phi) is 8.58. The Morgan fingerprint density at radius 1 is 1.07 bits per heavy atom. The quantitative estimate of drug-likeness (QED) is 0.636. The van der Waals surface area contributed by atoms with Crippen LogP contribution in [-0.4, -0.2) is 34.6 Å². The molecule has 2 aromatic carbocycles. The molecule has 2 amide bonds. The van der Waals surface area contributed by atoms with Gasteiger partial charge in [0.1, 0.15) is 6.04 Å². The van der Waals surface area contributed by atoms with Gasteiger partial charge in [0, 0.05) is 17.5 Å². The van der Waals surface area contributed by atoms with Gasteiger partial charge < -0.3 is 10.2 Å². The smallest absolute Gasteiger partial charge is 0.242 e. The van der Waals surface area contributed by atoms with Crippen LogP contribution in [0.1, 0.15) is 38.3 Å². The van der Waals surface area contributed by atoms with Crippen molar-refractivity contribution < 1.29 is 9.59 Å². The molecular weight excluding hydrogens is 368 g/mol. The minimum absolute atomic E-state index is 0.0397. The van der Waals surface area contributed by atoms with Crippen LogP contribution in [0.3, 0.4) is 0 Å². The SMILES string of the molecule is CC[C@@H](C)NC(=O)[C@H](C)N(Cc1cccc(C)c1)C(=O)CSc1ccccc1. The molecule has 0 radical (unpaired) electrons. The summed E-state index contributed by atoms with van der Waals surface area (Å²) in [6, 6.07) is 17.5. The summed E-state index contributed by atoms with van der Waals surface area (Å²) in [4.78, 5) is 28.4. The van der Waals surface area contributed by atoms with Crippen molar-refractivity contribution in [2.24, 2.45) is 0 Å². The summed E-state index contributed by atoms with van der Waals surface area (Å²) in [6.45, 7) is 8.26. The molecule has 0 bridgehead atoms. The maximum absolute atomic E-state index is 13.0. The number of aryl methyl sites for hydroxylation is 1. The zero-order valence-corrected chi connectivity index (χ0v) is 18.0. The first-order chi connectivity index (χ1) is 13.4. The van der Waals surface area contributed by atoms with E-state index in [1.807, 2.05) is 69.3 Å². The second-order valence-electron chi connectivity index (χ2n) is 7.11. The van der Waals surface area contributed by atoms with Gasteiger partial charge in [0.25, 0.3) is 0 Å². The lowest BCUT2D eigenvalue weighted by atomic mass is 10.1. The molecule has 5 heteroatoms. The topological polar surface area (TPSA) is 49.4 Å². The Labute approximate surface area is 172 Å². The number of carbonyl (C=O) groups excluding carboxylic acids is 2. The van der Waals surface area contributed by atoms with Crippen LogP contribution in [0.4, 0.5) is 0 Å². The van der Waals surface area contributed by atoms with E-state index in [4.69, 9.17) is 0 Å². The van der Waals surface area contributed by atoms with E-state index in [2.05, 4.69) is 11.4 Å². The highest BCUT2D eigenvalue weighted by Crippen LogP contribution is 2.19. The molecule has 0 saturated heterocycles. The third kappa shape index (κ3) is 6.71. The molecule has 2 rings (SSSR count). The maximum Gasteiger partial charge on any atom is 0.242 e. The fourth-order valence-corrected chi connectivity index (χ4v) is 3.61. The summed E-state index contributed by atoms with van der Waals surface area (Å²) in [5, 5.41) is 3.00. The first-order valence-electron chi connectivity index (χ1n) is 9.74. The predicted octanol–water partition coefficient (Wildman–Crippen LogP) is 4.42. The van der Waals surface area contributed by atoms with Gasteiger partial charge >= 0.3 is 0 Å². The summed E-state index contributed by atoms with van der Waals surface area (Å²) in [6.07, 6.45) is 0.855. The van der Waals surface area contributed by atoms with Crippen LogP contribution in [-0.2, 0) is 16.1 Å². The first-order valence-corrected chi connectivity index (χ1v) is 10.7. The molecule has 1 N–H and O–H groups in total. The molecule has 0 saturated carbocycles. The average molecular weight is 399 g/mol. The number of amides is 2. The minimum Gasteiger partial charge on any atom is -0.352 e. The van der Waals surface area contributed by atoms with Crippen LogP contribution in [0.25, 0.3) is 0 Å². The van der Waals surface area contributed by atoms with E-state index in [0.717, 1.165) is 22.4 Å². The molecule has 0 aliphatic carbocycles. The third-order valence-corrected chi connectivity index (χ3v) is 5.71. The van der Waals surface area contributed by atoms with Gasteiger partial charge in [0.05, 0.1) is 5.75 Å². The maximum atomic E-state index is 13.0. The van der Waals surface area contributed by atoms with Crippen LogP contribution < -0.4 is 5.32 Å². The van der Waals surface area contributed by atoms with E-state index in [0.29, 0.717) is 12.3 Å². The number of thioether (sulfide) groups is 1. The number of carbonyl (C=O) groups is 2. The molecule has 0 aliphatic rings. The van der Waals surface area contributed by atoms with Gasteiger partial charge in [-0.3, -0.25) is 9.59 Å². The highest BCUT2D eigenvalue weighted by molar-refractivity contribution is 8.00.